The fraction of sp³-hybridized carbons (Fsp3) is 0.522. The van der Waals surface area contributed by atoms with Crippen molar-refractivity contribution < 1.29 is 22.4 Å². The Labute approximate surface area is 183 Å². The number of anilines is 1. The number of hydrogen-bond donors (Lipinski definition) is 1. The molecule has 0 saturated heterocycles. The third kappa shape index (κ3) is 4.50. The average Bonchev–Trinajstić information content (AvgIpc) is 3.49. The Kier molecular flexibility index (Phi) is 5.97. The number of carbonyl (C=O) groups is 1. The lowest BCUT2D eigenvalue weighted by Crippen LogP contribution is -2.29. The predicted molar refractivity (Wildman–Crippen MR) is 109 cm³/mol. The molecule has 2 aliphatic rings. The number of nitriles is 1. The molecule has 2 aromatic rings. The molecule has 1 heterocycles. The maximum atomic E-state index is 13.6. The molecule has 2 aliphatic carbocycles. The maximum absolute atomic E-state index is 13.6. The van der Waals surface area contributed by atoms with Crippen LogP contribution in [0, 0.1) is 23.1 Å². The van der Waals surface area contributed by atoms with Crippen molar-refractivity contribution in [2.24, 2.45) is 5.92 Å². The van der Waals surface area contributed by atoms with Gasteiger partial charge in [0.2, 0.25) is 5.91 Å². The third-order valence-electron chi connectivity index (χ3n) is 6.50. The fourth-order valence-electron chi connectivity index (χ4n) is 4.46. The van der Waals surface area contributed by atoms with E-state index in [0.29, 0.717) is 18.0 Å². The van der Waals surface area contributed by atoms with Gasteiger partial charge in [0.1, 0.15) is 23.1 Å². The first-order valence-electron chi connectivity index (χ1n) is 10.9. The van der Waals surface area contributed by atoms with Crippen molar-refractivity contribution in [2.45, 2.75) is 69.5 Å². The molecule has 1 N–H and O–H groups in total. The highest BCUT2D eigenvalue weighted by atomic mass is 19.4. The van der Waals surface area contributed by atoms with Crippen molar-refractivity contribution in [2.75, 3.05) is 5.32 Å². The normalized spacial score (nSPS) is 18.2. The molecule has 0 unspecified atom stereocenters. The molecule has 0 atom stereocenters. The Bertz CT molecular complexity index is 1040. The first kappa shape index (κ1) is 22.3. The second kappa shape index (κ2) is 8.57. The van der Waals surface area contributed by atoms with E-state index in [2.05, 4.69) is 10.4 Å². The van der Waals surface area contributed by atoms with Gasteiger partial charge in [0, 0.05) is 12.6 Å². The molecule has 32 heavy (non-hydrogen) atoms. The summed E-state index contributed by atoms with van der Waals surface area (Å²) >= 11 is 0. The van der Waals surface area contributed by atoms with E-state index in [-0.39, 0.29) is 36.3 Å². The number of benzene rings is 1. The van der Waals surface area contributed by atoms with E-state index in [9.17, 15) is 22.4 Å². The van der Waals surface area contributed by atoms with Gasteiger partial charge in [0.15, 0.2) is 0 Å². The second-order valence-electron chi connectivity index (χ2n) is 8.83. The van der Waals surface area contributed by atoms with Crippen LogP contribution in [0.2, 0.25) is 0 Å². The first-order chi connectivity index (χ1) is 15.2. The van der Waals surface area contributed by atoms with Gasteiger partial charge in [-0.3, -0.25) is 4.79 Å². The zero-order chi connectivity index (χ0) is 22.9. The van der Waals surface area contributed by atoms with Crippen LogP contribution >= 0.6 is 0 Å². The van der Waals surface area contributed by atoms with E-state index >= 15 is 0 Å². The number of halogens is 4. The molecule has 5 nitrogen and oxygen atoms in total. The first-order valence-corrected chi connectivity index (χ1v) is 10.9. The molecule has 0 aliphatic heterocycles. The van der Waals surface area contributed by atoms with Gasteiger partial charge in [-0.2, -0.15) is 23.5 Å². The lowest BCUT2D eigenvalue weighted by Gasteiger charge is -2.22. The molecular weight excluding hydrogens is 424 g/mol. The van der Waals surface area contributed by atoms with Crippen LogP contribution < -0.4 is 5.32 Å². The van der Waals surface area contributed by atoms with Crippen molar-refractivity contribution in [1.29, 1.82) is 5.26 Å². The van der Waals surface area contributed by atoms with Gasteiger partial charge in [-0.25, -0.2) is 9.07 Å². The van der Waals surface area contributed by atoms with Crippen molar-refractivity contribution in [3.05, 3.63) is 46.9 Å². The number of rotatable bonds is 6. The minimum Gasteiger partial charge on any atom is -0.311 e. The van der Waals surface area contributed by atoms with Gasteiger partial charge >= 0.3 is 6.18 Å². The van der Waals surface area contributed by atoms with Crippen molar-refractivity contribution in [3.63, 3.8) is 0 Å². The molecule has 9 heteroatoms. The quantitative estimate of drug-likeness (QED) is 0.614. The van der Waals surface area contributed by atoms with Gasteiger partial charge in [-0.15, -0.1) is 0 Å². The Morgan fingerprint density at radius 1 is 1.22 bits per heavy atom. The number of amides is 1. The molecule has 0 bridgehead atoms. The van der Waals surface area contributed by atoms with Crippen molar-refractivity contribution >= 4 is 11.7 Å². The summed E-state index contributed by atoms with van der Waals surface area (Å²) in [4.78, 5) is 12.6. The van der Waals surface area contributed by atoms with Crippen LogP contribution in [0.4, 0.5) is 23.4 Å². The van der Waals surface area contributed by atoms with Gasteiger partial charge < -0.3 is 5.32 Å². The van der Waals surface area contributed by atoms with Gasteiger partial charge in [-0.1, -0.05) is 25.3 Å². The highest BCUT2D eigenvalue weighted by Gasteiger charge is 2.65. The van der Waals surface area contributed by atoms with Crippen LogP contribution in [0.3, 0.4) is 0 Å². The summed E-state index contributed by atoms with van der Waals surface area (Å²) in [6.45, 7) is 0.457. The van der Waals surface area contributed by atoms with Gasteiger partial charge in [0.25, 0.3) is 0 Å². The van der Waals surface area contributed by atoms with Crippen LogP contribution in [-0.2, 0) is 23.2 Å². The summed E-state index contributed by atoms with van der Waals surface area (Å²) in [6, 6.07) is 6.88. The maximum Gasteiger partial charge on any atom is 0.400 e. The van der Waals surface area contributed by atoms with E-state index in [4.69, 9.17) is 5.26 Å². The lowest BCUT2D eigenvalue weighted by atomic mass is 9.89. The summed E-state index contributed by atoms with van der Waals surface area (Å²) < 4.78 is 55.9. The smallest absolute Gasteiger partial charge is 0.311 e. The van der Waals surface area contributed by atoms with Crippen LogP contribution in [0.25, 0.3) is 0 Å². The molecule has 4 rings (SSSR count). The number of nitrogens with one attached hydrogen (secondary N) is 1. The lowest BCUT2D eigenvalue weighted by molar-refractivity contribution is -0.161. The summed E-state index contributed by atoms with van der Waals surface area (Å²) in [5, 5.41) is 15.9. The van der Waals surface area contributed by atoms with E-state index < -0.39 is 23.3 Å². The number of alkyl halides is 3. The molecular formula is C23H24F4N4O. The number of nitrogens with zero attached hydrogens (tertiary/aromatic N) is 3. The number of aromatic nitrogens is 2. The van der Waals surface area contributed by atoms with Crippen LogP contribution in [-0.4, -0.2) is 21.9 Å². The topological polar surface area (TPSA) is 70.7 Å². The van der Waals surface area contributed by atoms with Crippen LogP contribution in [0.5, 0.6) is 0 Å². The molecule has 170 valence electrons. The highest BCUT2D eigenvalue weighted by molar-refractivity contribution is 5.91. The average molecular weight is 448 g/mol. The third-order valence-corrected chi connectivity index (χ3v) is 6.50. The predicted octanol–water partition coefficient (Wildman–Crippen LogP) is 5.25. The Balaban J connectivity index is 1.56. The van der Waals surface area contributed by atoms with E-state index in [1.807, 2.05) is 0 Å². The van der Waals surface area contributed by atoms with E-state index in [1.165, 1.54) is 22.9 Å². The van der Waals surface area contributed by atoms with Gasteiger partial charge in [-0.05, 0) is 49.3 Å². The fourth-order valence-corrected chi connectivity index (χ4v) is 4.46. The summed E-state index contributed by atoms with van der Waals surface area (Å²) in [5.74, 6) is -0.584. The molecule has 1 amide bonds. The standard InChI is InChI=1S/C23H24F4N4O/c24-18-7-6-16(10-17(18)13-28)11-21(32)29-20-12-19(22(8-9-22)23(25,26)27)30-31(20)14-15-4-2-1-3-5-15/h6-7,10,12,15H,1-5,8-9,11,14H2,(H,29,32). The van der Waals surface area contributed by atoms with Crippen molar-refractivity contribution in [3.8, 4) is 6.07 Å². The molecule has 2 fully saturated rings. The van der Waals surface area contributed by atoms with Crippen molar-refractivity contribution in [1.82, 2.24) is 9.78 Å². The summed E-state index contributed by atoms with van der Waals surface area (Å²) in [6.07, 6.45) is 0.762. The number of hydrogen-bond acceptors (Lipinski definition) is 3. The Morgan fingerprint density at radius 3 is 2.56 bits per heavy atom. The molecule has 1 aromatic heterocycles. The summed E-state index contributed by atoms with van der Waals surface area (Å²) in [5.41, 5.74) is -1.71. The van der Waals surface area contributed by atoms with Crippen LogP contribution in [0.15, 0.2) is 24.3 Å². The van der Waals surface area contributed by atoms with E-state index in [0.717, 1.165) is 38.2 Å². The monoisotopic (exact) mass is 448 g/mol. The Hall–Kier alpha value is -2.89. The zero-order valence-corrected chi connectivity index (χ0v) is 17.5. The van der Waals surface area contributed by atoms with E-state index in [1.54, 1.807) is 6.07 Å². The van der Waals surface area contributed by atoms with Gasteiger partial charge in [0.05, 0.1) is 17.7 Å². The largest absolute Gasteiger partial charge is 0.400 e. The minimum atomic E-state index is -4.39. The Morgan fingerprint density at radius 2 is 1.94 bits per heavy atom. The molecule has 0 spiro atoms. The minimum absolute atomic E-state index is 0.00313. The molecule has 2 saturated carbocycles. The summed E-state index contributed by atoms with van der Waals surface area (Å²) in [7, 11) is 0. The molecule has 0 radical (unpaired) electrons. The highest BCUT2D eigenvalue weighted by Crippen LogP contribution is 2.58. The zero-order valence-electron chi connectivity index (χ0n) is 17.5. The number of carbonyl (C=O) groups excluding carboxylic acids is 1. The SMILES string of the molecule is N#Cc1cc(CC(=O)Nc2cc(C3(C(F)(F)F)CC3)nn2CC2CCCCC2)ccc1F. The molecule has 1 aromatic carbocycles. The van der Waals surface area contributed by atoms with Crippen LogP contribution in [0.1, 0.15) is 61.8 Å². The second-order valence-corrected chi connectivity index (χ2v) is 8.83.